The van der Waals surface area contributed by atoms with Gasteiger partial charge in [-0.3, -0.25) is 4.79 Å². The maximum absolute atomic E-state index is 11.8. The van der Waals surface area contributed by atoms with Gasteiger partial charge in [-0.15, -0.1) is 11.3 Å². The molecule has 1 aromatic carbocycles. The summed E-state index contributed by atoms with van der Waals surface area (Å²) in [6, 6.07) is 10.1. The first-order chi connectivity index (χ1) is 10.8. The highest BCUT2D eigenvalue weighted by Crippen LogP contribution is 2.20. The molecule has 0 bridgehead atoms. The summed E-state index contributed by atoms with van der Waals surface area (Å²) >= 11 is 1.57. The summed E-state index contributed by atoms with van der Waals surface area (Å²) in [6.45, 7) is 2.13. The number of aryl methyl sites for hydroxylation is 1. The third-order valence-electron chi connectivity index (χ3n) is 3.52. The normalized spacial score (nSPS) is 11.3. The lowest BCUT2D eigenvalue weighted by atomic mass is 10.1. The van der Waals surface area contributed by atoms with E-state index < -0.39 is 0 Å². The van der Waals surface area contributed by atoms with Crippen LogP contribution in [0, 0.1) is 0 Å². The fourth-order valence-electron chi connectivity index (χ4n) is 2.43. The Morgan fingerprint density at radius 2 is 2.27 bits per heavy atom. The fraction of sp³-hybridized carbons (Fsp3) is 0.176. The Morgan fingerprint density at radius 1 is 1.36 bits per heavy atom. The summed E-state index contributed by atoms with van der Waals surface area (Å²) in [4.78, 5) is 16.1. The molecule has 2 heterocycles. The molecule has 2 N–H and O–H groups in total. The number of fused-ring (bicyclic) bond motifs is 1. The second-order valence-electron chi connectivity index (χ2n) is 4.99. The molecular weight excluding hydrogens is 294 g/mol. The van der Waals surface area contributed by atoms with E-state index >= 15 is 0 Å². The van der Waals surface area contributed by atoms with E-state index in [1.807, 2.05) is 29.8 Å². The Morgan fingerprint density at radius 3 is 3.05 bits per heavy atom. The largest absolute Gasteiger partial charge is 0.360 e. The van der Waals surface area contributed by atoms with Gasteiger partial charge in [-0.05, 0) is 23.4 Å². The molecule has 0 radical (unpaired) electrons. The maximum atomic E-state index is 11.8. The first kappa shape index (κ1) is 14.5. The molecule has 0 aliphatic carbocycles. The molecule has 0 saturated heterocycles. The van der Waals surface area contributed by atoms with E-state index in [0.717, 1.165) is 27.8 Å². The zero-order valence-corrected chi connectivity index (χ0v) is 13.1. The number of benzene rings is 1. The van der Waals surface area contributed by atoms with Crippen LogP contribution in [0.5, 0.6) is 0 Å². The number of rotatable bonds is 5. The van der Waals surface area contributed by atoms with Crippen molar-refractivity contribution in [1.29, 1.82) is 0 Å². The molecule has 1 amide bonds. The average Bonchev–Trinajstić information content (AvgIpc) is 3.17. The molecule has 4 nitrogen and oxygen atoms in total. The van der Waals surface area contributed by atoms with Gasteiger partial charge in [-0.1, -0.05) is 31.2 Å². The summed E-state index contributed by atoms with van der Waals surface area (Å²) in [7, 11) is 0. The van der Waals surface area contributed by atoms with Gasteiger partial charge in [-0.25, -0.2) is 5.43 Å². The zero-order chi connectivity index (χ0) is 15.4. The minimum absolute atomic E-state index is 0.104. The van der Waals surface area contributed by atoms with Gasteiger partial charge < -0.3 is 4.98 Å². The van der Waals surface area contributed by atoms with Crippen molar-refractivity contribution in [2.24, 2.45) is 5.10 Å². The van der Waals surface area contributed by atoms with E-state index in [2.05, 4.69) is 34.6 Å². The first-order valence-electron chi connectivity index (χ1n) is 7.21. The van der Waals surface area contributed by atoms with Crippen molar-refractivity contribution in [3.63, 3.8) is 0 Å². The average molecular weight is 311 g/mol. The molecule has 0 atom stereocenters. The van der Waals surface area contributed by atoms with Crippen LogP contribution in [0.15, 0.2) is 47.0 Å². The molecule has 0 saturated carbocycles. The lowest BCUT2D eigenvalue weighted by Crippen LogP contribution is -2.19. The van der Waals surface area contributed by atoms with E-state index in [0.29, 0.717) is 6.42 Å². The quantitative estimate of drug-likeness (QED) is 0.550. The lowest BCUT2D eigenvalue weighted by molar-refractivity contribution is -0.120. The number of H-pyrrole nitrogens is 1. The molecule has 22 heavy (non-hydrogen) atoms. The van der Waals surface area contributed by atoms with Crippen LogP contribution in [-0.4, -0.2) is 17.1 Å². The highest BCUT2D eigenvalue weighted by molar-refractivity contribution is 7.10. The standard InChI is InChI=1S/C17H17N3OS/c1-2-12-5-3-7-15-13(10-18-17(12)15)11-19-20-16(21)9-14-6-4-8-22-14/h3-8,10-11,18H,2,9H2,1H3,(H,20,21)/b19-11-. The summed E-state index contributed by atoms with van der Waals surface area (Å²) in [5.74, 6) is -0.104. The molecule has 3 rings (SSSR count). The molecule has 0 aliphatic rings. The number of para-hydroxylation sites is 1. The van der Waals surface area contributed by atoms with Gasteiger partial charge in [0.1, 0.15) is 0 Å². The molecule has 2 aromatic heterocycles. The van der Waals surface area contributed by atoms with Crippen LogP contribution in [-0.2, 0) is 17.6 Å². The lowest BCUT2D eigenvalue weighted by Gasteiger charge is -1.99. The topological polar surface area (TPSA) is 57.2 Å². The smallest absolute Gasteiger partial charge is 0.245 e. The van der Waals surface area contributed by atoms with Crippen molar-refractivity contribution in [2.75, 3.05) is 0 Å². The van der Waals surface area contributed by atoms with E-state index in [4.69, 9.17) is 0 Å². The van der Waals surface area contributed by atoms with Crippen LogP contribution >= 0.6 is 11.3 Å². The molecule has 0 unspecified atom stereocenters. The number of aromatic nitrogens is 1. The van der Waals surface area contributed by atoms with Crippen molar-refractivity contribution in [3.05, 3.63) is 57.9 Å². The second kappa shape index (κ2) is 6.58. The van der Waals surface area contributed by atoms with Gasteiger partial charge >= 0.3 is 0 Å². The SMILES string of the molecule is CCc1cccc2c(/C=N\NC(=O)Cc3cccs3)c[nH]c12. The van der Waals surface area contributed by atoms with Crippen molar-refractivity contribution in [3.8, 4) is 0 Å². The van der Waals surface area contributed by atoms with Crippen LogP contribution in [0.4, 0.5) is 0 Å². The Kier molecular flexibility index (Phi) is 4.34. The number of thiophene rings is 1. The molecule has 0 aliphatic heterocycles. The van der Waals surface area contributed by atoms with Crippen LogP contribution in [0.3, 0.4) is 0 Å². The van der Waals surface area contributed by atoms with Crippen LogP contribution in [0.2, 0.25) is 0 Å². The van der Waals surface area contributed by atoms with E-state index in [9.17, 15) is 4.79 Å². The number of hydrazone groups is 1. The number of carbonyl (C=O) groups is 1. The van der Waals surface area contributed by atoms with E-state index in [1.54, 1.807) is 17.6 Å². The van der Waals surface area contributed by atoms with Gasteiger partial charge in [0.2, 0.25) is 5.91 Å². The van der Waals surface area contributed by atoms with Crippen LogP contribution in [0.1, 0.15) is 22.9 Å². The third kappa shape index (κ3) is 3.09. The monoisotopic (exact) mass is 311 g/mol. The summed E-state index contributed by atoms with van der Waals surface area (Å²) in [5.41, 5.74) is 5.96. The predicted molar refractivity (Wildman–Crippen MR) is 91.4 cm³/mol. The highest BCUT2D eigenvalue weighted by Gasteiger charge is 2.05. The summed E-state index contributed by atoms with van der Waals surface area (Å²) in [5, 5.41) is 7.14. The van der Waals surface area contributed by atoms with Crippen molar-refractivity contribution >= 4 is 34.4 Å². The Balaban J connectivity index is 1.69. The Hall–Kier alpha value is -2.40. The zero-order valence-electron chi connectivity index (χ0n) is 12.3. The summed E-state index contributed by atoms with van der Waals surface area (Å²) < 4.78 is 0. The molecule has 3 aromatic rings. The van der Waals surface area contributed by atoms with E-state index in [-0.39, 0.29) is 5.91 Å². The highest BCUT2D eigenvalue weighted by atomic mass is 32.1. The third-order valence-corrected chi connectivity index (χ3v) is 4.40. The van der Waals surface area contributed by atoms with Gasteiger partial charge in [0, 0.05) is 27.5 Å². The Bertz CT molecular complexity index is 803. The van der Waals surface area contributed by atoms with Crippen molar-refractivity contribution in [2.45, 2.75) is 19.8 Å². The van der Waals surface area contributed by atoms with Crippen LogP contribution < -0.4 is 5.43 Å². The minimum atomic E-state index is -0.104. The van der Waals surface area contributed by atoms with Crippen molar-refractivity contribution in [1.82, 2.24) is 10.4 Å². The van der Waals surface area contributed by atoms with Gasteiger partial charge in [0.05, 0.1) is 12.6 Å². The van der Waals surface area contributed by atoms with Crippen LogP contribution in [0.25, 0.3) is 10.9 Å². The number of nitrogens with one attached hydrogen (secondary N) is 2. The van der Waals surface area contributed by atoms with Gasteiger partial charge in [0.25, 0.3) is 0 Å². The maximum Gasteiger partial charge on any atom is 0.245 e. The first-order valence-corrected chi connectivity index (χ1v) is 8.09. The molecule has 112 valence electrons. The fourth-order valence-corrected chi connectivity index (χ4v) is 3.13. The van der Waals surface area contributed by atoms with E-state index in [1.165, 1.54) is 5.56 Å². The molecule has 5 heteroatoms. The number of aromatic amines is 1. The predicted octanol–water partition coefficient (Wildman–Crippen LogP) is 3.48. The number of nitrogens with zero attached hydrogens (tertiary/aromatic N) is 1. The summed E-state index contributed by atoms with van der Waals surface area (Å²) in [6.07, 6.45) is 4.94. The van der Waals surface area contributed by atoms with Gasteiger partial charge in [0.15, 0.2) is 0 Å². The van der Waals surface area contributed by atoms with Crippen molar-refractivity contribution < 1.29 is 4.79 Å². The molecule has 0 fully saturated rings. The number of amides is 1. The molecular formula is C17H17N3OS. The van der Waals surface area contributed by atoms with Gasteiger partial charge in [-0.2, -0.15) is 5.10 Å². The number of hydrogen-bond acceptors (Lipinski definition) is 3. The number of carbonyl (C=O) groups excluding carboxylic acids is 1. The number of hydrogen-bond donors (Lipinski definition) is 2. The second-order valence-corrected chi connectivity index (χ2v) is 6.02. The Labute approximate surface area is 132 Å². The molecule has 0 spiro atoms. The minimum Gasteiger partial charge on any atom is -0.360 e.